The molecule has 0 aliphatic carbocycles. The van der Waals surface area contributed by atoms with Gasteiger partial charge in [0.2, 0.25) is 0 Å². The Morgan fingerprint density at radius 2 is 2.18 bits per heavy atom. The predicted molar refractivity (Wildman–Crippen MR) is 85.8 cm³/mol. The number of amides is 1. The molecule has 6 heteroatoms. The molecule has 1 N–H and O–H groups in total. The van der Waals surface area contributed by atoms with Gasteiger partial charge in [0.15, 0.2) is 6.10 Å². The molecule has 0 aliphatic rings. The maximum Gasteiger partial charge on any atom is 0.261 e. The summed E-state index contributed by atoms with van der Waals surface area (Å²) in [7, 11) is 1.84. The number of nitrogens with zero attached hydrogens (tertiary/aromatic N) is 2. The maximum absolute atomic E-state index is 12.4. The Labute approximate surface area is 135 Å². The number of carbonyl (C=O) groups excluding carboxylic acids is 1. The Kier molecular flexibility index (Phi) is 5.44. The Bertz CT molecular complexity index is 640. The topological polar surface area (TPSA) is 56.1 Å². The Balaban J connectivity index is 2.01. The van der Waals surface area contributed by atoms with Gasteiger partial charge in [-0.25, -0.2) is 0 Å². The third-order valence-corrected chi connectivity index (χ3v) is 3.52. The van der Waals surface area contributed by atoms with E-state index in [1.54, 1.807) is 35.1 Å². The number of ether oxygens (including phenoxy) is 1. The average molecular weight is 322 g/mol. The number of aromatic nitrogens is 2. The van der Waals surface area contributed by atoms with E-state index in [1.165, 1.54) is 0 Å². The van der Waals surface area contributed by atoms with E-state index < -0.39 is 6.10 Å². The summed E-state index contributed by atoms with van der Waals surface area (Å²) in [5.41, 5.74) is 0.929. The van der Waals surface area contributed by atoms with Crippen molar-refractivity contribution in [3.05, 3.63) is 47.2 Å². The molecule has 1 heterocycles. The quantitative estimate of drug-likeness (QED) is 0.890. The predicted octanol–water partition coefficient (Wildman–Crippen LogP) is 2.79. The Hall–Kier alpha value is -2.01. The van der Waals surface area contributed by atoms with E-state index in [9.17, 15) is 4.79 Å². The molecule has 2 rings (SSSR count). The summed E-state index contributed by atoms with van der Waals surface area (Å²) in [5.74, 6) is 0.462. The average Bonchev–Trinajstić information content (AvgIpc) is 2.87. The first kappa shape index (κ1) is 16.4. The lowest BCUT2D eigenvalue weighted by atomic mass is 10.1. The lowest BCUT2D eigenvalue weighted by molar-refractivity contribution is -0.130. The van der Waals surface area contributed by atoms with Crippen molar-refractivity contribution in [2.24, 2.45) is 13.0 Å². The van der Waals surface area contributed by atoms with Crippen LogP contribution in [-0.2, 0) is 18.4 Å². The van der Waals surface area contributed by atoms with Crippen LogP contribution in [0.1, 0.15) is 19.5 Å². The second-order valence-corrected chi connectivity index (χ2v) is 5.84. The van der Waals surface area contributed by atoms with Crippen LogP contribution in [0.25, 0.3) is 0 Å². The number of hydrogen-bond acceptors (Lipinski definition) is 3. The fourth-order valence-electron chi connectivity index (χ4n) is 2.03. The highest BCUT2D eigenvalue weighted by Gasteiger charge is 2.24. The van der Waals surface area contributed by atoms with Gasteiger partial charge in [0, 0.05) is 18.3 Å². The van der Waals surface area contributed by atoms with E-state index >= 15 is 0 Å². The fraction of sp³-hybridized carbons (Fsp3) is 0.375. The normalized spacial score (nSPS) is 12.2. The lowest BCUT2D eigenvalue weighted by Gasteiger charge is -2.22. The van der Waals surface area contributed by atoms with Crippen LogP contribution >= 0.6 is 11.6 Å². The summed E-state index contributed by atoms with van der Waals surface area (Å²) in [4.78, 5) is 12.4. The van der Waals surface area contributed by atoms with Crippen LogP contribution in [0, 0.1) is 5.92 Å². The minimum absolute atomic E-state index is 0.0329. The van der Waals surface area contributed by atoms with Gasteiger partial charge < -0.3 is 10.1 Å². The van der Waals surface area contributed by atoms with Gasteiger partial charge in [-0.1, -0.05) is 31.5 Å². The zero-order valence-electron chi connectivity index (χ0n) is 12.9. The summed E-state index contributed by atoms with van der Waals surface area (Å²) in [5, 5.41) is 7.53. The third kappa shape index (κ3) is 4.24. The SMILES string of the molecule is CC(C)[C@H](Oc1cccc(Cl)c1)C(=O)NCc1ccnn1C. The van der Waals surface area contributed by atoms with Crippen LogP contribution < -0.4 is 10.1 Å². The molecule has 22 heavy (non-hydrogen) atoms. The molecule has 2 aromatic rings. The molecule has 0 bridgehead atoms. The van der Waals surface area contributed by atoms with Gasteiger partial charge >= 0.3 is 0 Å². The molecule has 1 aromatic carbocycles. The van der Waals surface area contributed by atoms with Crippen molar-refractivity contribution < 1.29 is 9.53 Å². The van der Waals surface area contributed by atoms with Crippen molar-refractivity contribution in [1.82, 2.24) is 15.1 Å². The van der Waals surface area contributed by atoms with Crippen molar-refractivity contribution in [3.63, 3.8) is 0 Å². The highest BCUT2D eigenvalue weighted by Crippen LogP contribution is 2.20. The first-order valence-corrected chi connectivity index (χ1v) is 7.52. The highest BCUT2D eigenvalue weighted by molar-refractivity contribution is 6.30. The molecule has 5 nitrogen and oxygen atoms in total. The Morgan fingerprint density at radius 1 is 1.41 bits per heavy atom. The largest absolute Gasteiger partial charge is 0.480 e. The third-order valence-electron chi connectivity index (χ3n) is 3.29. The smallest absolute Gasteiger partial charge is 0.261 e. The van der Waals surface area contributed by atoms with Crippen LogP contribution in [0.5, 0.6) is 5.75 Å². The molecule has 1 aromatic heterocycles. The van der Waals surface area contributed by atoms with Crippen molar-refractivity contribution in [2.45, 2.75) is 26.5 Å². The van der Waals surface area contributed by atoms with Crippen LogP contribution in [-0.4, -0.2) is 21.8 Å². The number of carbonyl (C=O) groups is 1. The van der Waals surface area contributed by atoms with Crippen molar-refractivity contribution in [3.8, 4) is 5.75 Å². The zero-order chi connectivity index (χ0) is 16.1. The fourth-order valence-corrected chi connectivity index (χ4v) is 2.21. The summed E-state index contributed by atoms with van der Waals surface area (Å²) in [6.07, 6.45) is 1.12. The minimum atomic E-state index is -0.577. The first-order valence-electron chi connectivity index (χ1n) is 7.14. The van der Waals surface area contributed by atoms with Crippen molar-refractivity contribution >= 4 is 17.5 Å². The van der Waals surface area contributed by atoms with Crippen LogP contribution in [0.2, 0.25) is 5.02 Å². The van der Waals surface area contributed by atoms with Crippen molar-refractivity contribution in [1.29, 1.82) is 0 Å². The van der Waals surface area contributed by atoms with Crippen LogP contribution in [0.4, 0.5) is 0 Å². The monoisotopic (exact) mass is 321 g/mol. The van der Waals surface area contributed by atoms with Gasteiger partial charge in [-0.2, -0.15) is 5.10 Å². The van der Waals surface area contributed by atoms with E-state index in [0.29, 0.717) is 17.3 Å². The molecule has 1 atom stereocenters. The van der Waals surface area contributed by atoms with Gasteiger partial charge in [0.05, 0.1) is 12.2 Å². The zero-order valence-corrected chi connectivity index (χ0v) is 13.7. The number of nitrogens with one attached hydrogen (secondary N) is 1. The second kappa shape index (κ2) is 7.31. The molecule has 0 aliphatic heterocycles. The summed E-state index contributed by atoms with van der Waals surface area (Å²) >= 11 is 5.94. The highest BCUT2D eigenvalue weighted by atomic mass is 35.5. The molecular weight excluding hydrogens is 302 g/mol. The molecule has 0 fully saturated rings. The number of hydrogen-bond donors (Lipinski definition) is 1. The number of rotatable bonds is 6. The standard InChI is InChI=1S/C16H20ClN3O2/c1-11(2)15(22-14-6-4-5-12(17)9-14)16(21)18-10-13-7-8-19-20(13)3/h4-9,11,15H,10H2,1-3H3,(H,18,21)/t15-/m0/s1. The summed E-state index contributed by atoms with van der Waals surface area (Å²) in [6, 6.07) is 8.91. The molecule has 1 amide bonds. The minimum Gasteiger partial charge on any atom is -0.480 e. The van der Waals surface area contributed by atoms with Crippen LogP contribution in [0.15, 0.2) is 36.5 Å². The van der Waals surface area contributed by atoms with Crippen LogP contribution in [0.3, 0.4) is 0 Å². The maximum atomic E-state index is 12.4. The van der Waals surface area contributed by atoms with Gasteiger partial charge in [0.25, 0.3) is 5.91 Å². The second-order valence-electron chi connectivity index (χ2n) is 5.40. The van der Waals surface area contributed by atoms with E-state index in [2.05, 4.69) is 10.4 Å². The molecule has 118 valence electrons. The molecule has 0 saturated heterocycles. The first-order chi connectivity index (χ1) is 10.5. The lowest BCUT2D eigenvalue weighted by Crippen LogP contribution is -2.41. The van der Waals surface area contributed by atoms with E-state index in [0.717, 1.165) is 5.69 Å². The van der Waals surface area contributed by atoms with Gasteiger partial charge in [-0.3, -0.25) is 9.48 Å². The number of aryl methyl sites for hydroxylation is 1. The molecule has 0 saturated carbocycles. The van der Waals surface area contributed by atoms with E-state index in [1.807, 2.05) is 27.0 Å². The molecule has 0 unspecified atom stereocenters. The van der Waals surface area contributed by atoms with Gasteiger partial charge in [-0.05, 0) is 30.2 Å². The molecular formula is C16H20ClN3O2. The van der Waals surface area contributed by atoms with Gasteiger partial charge in [0.1, 0.15) is 5.75 Å². The number of halogens is 1. The summed E-state index contributed by atoms with van der Waals surface area (Å²) < 4.78 is 7.52. The van der Waals surface area contributed by atoms with E-state index in [-0.39, 0.29) is 11.8 Å². The molecule has 0 spiro atoms. The number of benzene rings is 1. The van der Waals surface area contributed by atoms with Crippen molar-refractivity contribution in [2.75, 3.05) is 0 Å². The van der Waals surface area contributed by atoms with E-state index in [4.69, 9.17) is 16.3 Å². The molecule has 0 radical (unpaired) electrons. The Morgan fingerprint density at radius 3 is 2.77 bits per heavy atom. The summed E-state index contributed by atoms with van der Waals surface area (Å²) in [6.45, 7) is 4.30. The van der Waals surface area contributed by atoms with Gasteiger partial charge in [-0.15, -0.1) is 0 Å².